The summed E-state index contributed by atoms with van der Waals surface area (Å²) in [4.78, 5) is 4.98. The molecule has 0 aliphatic carbocycles. The maximum absolute atomic E-state index is 6.28. The summed E-state index contributed by atoms with van der Waals surface area (Å²) in [5, 5.41) is 0. The van der Waals surface area contributed by atoms with Gasteiger partial charge in [-0.1, -0.05) is 12.1 Å². The van der Waals surface area contributed by atoms with E-state index < -0.39 is 0 Å². The van der Waals surface area contributed by atoms with Crippen molar-refractivity contribution in [2.75, 3.05) is 38.2 Å². The Kier molecular flexibility index (Phi) is 4.09. The molecule has 4 nitrogen and oxygen atoms in total. The van der Waals surface area contributed by atoms with Crippen LogP contribution < -0.4 is 15.4 Å². The molecule has 0 spiro atoms. The highest BCUT2D eigenvalue weighted by Crippen LogP contribution is 2.40. The van der Waals surface area contributed by atoms with E-state index in [2.05, 4.69) is 48.0 Å². The predicted molar refractivity (Wildman–Crippen MR) is 87.0 cm³/mol. The number of para-hydroxylation sites is 2. The Hall–Kier alpha value is -1.26. The number of piperidine rings is 1. The first-order valence-electron chi connectivity index (χ1n) is 8.06. The molecule has 2 N–H and O–H groups in total. The Bertz CT molecular complexity index is 493. The molecule has 2 atom stereocenters. The number of hydrogen-bond acceptors (Lipinski definition) is 4. The molecule has 2 heterocycles. The Balaban J connectivity index is 1.97. The van der Waals surface area contributed by atoms with Crippen molar-refractivity contribution in [2.24, 2.45) is 5.73 Å². The van der Waals surface area contributed by atoms with E-state index in [1.54, 1.807) is 0 Å². The minimum absolute atomic E-state index is 0.0652. The maximum Gasteiger partial charge on any atom is 0.142 e. The molecule has 2 aliphatic rings. The third-order valence-electron chi connectivity index (χ3n) is 5.25. The van der Waals surface area contributed by atoms with E-state index in [9.17, 15) is 0 Å². The monoisotopic (exact) mass is 289 g/mol. The molecule has 0 saturated carbocycles. The molecule has 1 aromatic rings. The zero-order chi connectivity index (χ0) is 14.9. The second-order valence-corrected chi connectivity index (χ2v) is 6.53. The number of rotatable bonds is 2. The fraction of sp³-hybridized carbons (Fsp3) is 0.647. The van der Waals surface area contributed by atoms with Gasteiger partial charge in [0.1, 0.15) is 5.75 Å². The normalized spacial score (nSPS) is 30.4. The lowest BCUT2D eigenvalue weighted by molar-refractivity contribution is 0.129. The van der Waals surface area contributed by atoms with Gasteiger partial charge in [-0.2, -0.15) is 0 Å². The van der Waals surface area contributed by atoms with Crippen LogP contribution in [0.3, 0.4) is 0 Å². The summed E-state index contributed by atoms with van der Waals surface area (Å²) in [5.74, 6) is 1.01. The van der Waals surface area contributed by atoms with Gasteiger partial charge in [0.2, 0.25) is 0 Å². The lowest BCUT2D eigenvalue weighted by atomic mass is 9.81. The van der Waals surface area contributed by atoms with Crippen LogP contribution in [0.25, 0.3) is 0 Å². The van der Waals surface area contributed by atoms with Crippen molar-refractivity contribution in [3.63, 3.8) is 0 Å². The molecule has 21 heavy (non-hydrogen) atoms. The minimum Gasteiger partial charge on any atom is -0.491 e. The molecule has 3 rings (SSSR count). The van der Waals surface area contributed by atoms with Crippen LogP contribution in [0.4, 0.5) is 5.69 Å². The standard InChI is InChI=1S/C17H27N3O/c1-14-12-17(13-18,8-10-19(14)2)20-9-5-11-21-16-7-4-3-6-15(16)20/h3-4,6-7,14H,5,8-13,18H2,1-2H3. The third-order valence-corrected chi connectivity index (χ3v) is 5.25. The van der Waals surface area contributed by atoms with E-state index in [-0.39, 0.29) is 5.54 Å². The molecule has 1 saturated heterocycles. The van der Waals surface area contributed by atoms with Crippen LogP contribution in [0.15, 0.2) is 24.3 Å². The summed E-state index contributed by atoms with van der Waals surface area (Å²) in [6.07, 6.45) is 3.30. The van der Waals surface area contributed by atoms with Crippen LogP contribution in [0.1, 0.15) is 26.2 Å². The van der Waals surface area contributed by atoms with Gasteiger partial charge in [0.25, 0.3) is 0 Å². The number of benzene rings is 1. The largest absolute Gasteiger partial charge is 0.491 e. The molecule has 2 unspecified atom stereocenters. The van der Waals surface area contributed by atoms with Crippen LogP contribution in [-0.4, -0.2) is 49.8 Å². The Labute approximate surface area is 127 Å². The van der Waals surface area contributed by atoms with Crippen molar-refractivity contribution in [1.29, 1.82) is 0 Å². The van der Waals surface area contributed by atoms with Crippen molar-refractivity contribution < 1.29 is 4.74 Å². The van der Waals surface area contributed by atoms with Crippen molar-refractivity contribution >= 4 is 5.69 Å². The summed E-state index contributed by atoms with van der Waals surface area (Å²) >= 11 is 0. The van der Waals surface area contributed by atoms with Crippen LogP contribution in [-0.2, 0) is 0 Å². The van der Waals surface area contributed by atoms with Crippen molar-refractivity contribution in [1.82, 2.24) is 4.90 Å². The lowest BCUT2D eigenvalue weighted by Crippen LogP contribution is -2.61. The van der Waals surface area contributed by atoms with E-state index in [1.807, 2.05) is 0 Å². The van der Waals surface area contributed by atoms with Gasteiger partial charge in [-0.05, 0) is 45.4 Å². The van der Waals surface area contributed by atoms with E-state index in [0.717, 1.165) is 44.7 Å². The van der Waals surface area contributed by atoms with Crippen LogP contribution in [0.2, 0.25) is 0 Å². The summed E-state index contributed by atoms with van der Waals surface area (Å²) < 4.78 is 5.91. The number of anilines is 1. The number of fused-ring (bicyclic) bond motifs is 1. The third kappa shape index (κ3) is 2.62. The predicted octanol–water partition coefficient (Wildman–Crippen LogP) is 2.09. The maximum atomic E-state index is 6.28. The first-order valence-corrected chi connectivity index (χ1v) is 8.06. The molecule has 4 heteroatoms. The summed E-state index contributed by atoms with van der Waals surface area (Å²) in [7, 11) is 2.21. The average molecular weight is 289 g/mol. The minimum atomic E-state index is 0.0652. The van der Waals surface area contributed by atoms with Gasteiger partial charge >= 0.3 is 0 Å². The first kappa shape index (κ1) is 14.7. The average Bonchev–Trinajstić information content (AvgIpc) is 2.73. The zero-order valence-electron chi connectivity index (χ0n) is 13.2. The highest BCUT2D eigenvalue weighted by Gasteiger charge is 2.42. The molecule has 1 aromatic carbocycles. The van der Waals surface area contributed by atoms with Crippen LogP contribution in [0.5, 0.6) is 5.75 Å². The van der Waals surface area contributed by atoms with E-state index in [1.165, 1.54) is 5.69 Å². The highest BCUT2D eigenvalue weighted by molar-refractivity contribution is 5.61. The van der Waals surface area contributed by atoms with Gasteiger partial charge in [0.05, 0.1) is 17.8 Å². The molecular weight excluding hydrogens is 262 g/mol. The Morgan fingerprint density at radius 1 is 1.33 bits per heavy atom. The van der Waals surface area contributed by atoms with Crippen molar-refractivity contribution in [2.45, 2.75) is 37.8 Å². The van der Waals surface area contributed by atoms with Gasteiger partial charge in [-0.3, -0.25) is 0 Å². The van der Waals surface area contributed by atoms with Gasteiger partial charge in [-0.25, -0.2) is 0 Å². The number of ether oxygens (including phenoxy) is 1. The lowest BCUT2D eigenvalue weighted by Gasteiger charge is -2.51. The Morgan fingerprint density at radius 3 is 2.90 bits per heavy atom. The molecule has 0 amide bonds. The molecule has 116 valence electrons. The SMILES string of the molecule is CC1CC(CN)(N2CCCOc3ccccc32)CCN1C. The van der Waals surface area contributed by atoms with E-state index in [4.69, 9.17) is 10.5 Å². The molecule has 0 radical (unpaired) electrons. The number of likely N-dealkylation sites (tertiary alicyclic amines) is 1. The van der Waals surface area contributed by atoms with Gasteiger partial charge < -0.3 is 20.3 Å². The fourth-order valence-corrected chi connectivity index (χ4v) is 3.77. The molecule has 2 aliphatic heterocycles. The van der Waals surface area contributed by atoms with E-state index >= 15 is 0 Å². The fourth-order valence-electron chi connectivity index (χ4n) is 3.77. The van der Waals surface area contributed by atoms with E-state index in [0.29, 0.717) is 12.6 Å². The zero-order valence-corrected chi connectivity index (χ0v) is 13.2. The summed E-state index contributed by atoms with van der Waals surface area (Å²) in [5.41, 5.74) is 7.57. The van der Waals surface area contributed by atoms with Gasteiger partial charge in [0.15, 0.2) is 0 Å². The molecule has 0 aromatic heterocycles. The van der Waals surface area contributed by atoms with Crippen LogP contribution >= 0.6 is 0 Å². The quantitative estimate of drug-likeness (QED) is 0.905. The number of nitrogens with two attached hydrogens (primary N) is 1. The molecule has 1 fully saturated rings. The molecular formula is C17H27N3O. The second-order valence-electron chi connectivity index (χ2n) is 6.53. The number of hydrogen-bond donors (Lipinski definition) is 1. The highest BCUT2D eigenvalue weighted by atomic mass is 16.5. The number of nitrogens with zero attached hydrogens (tertiary/aromatic N) is 2. The van der Waals surface area contributed by atoms with Gasteiger partial charge in [-0.15, -0.1) is 0 Å². The first-order chi connectivity index (χ1) is 10.2. The molecule has 0 bridgehead atoms. The van der Waals surface area contributed by atoms with Gasteiger partial charge in [0, 0.05) is 25.7 Å². The smallest absolute Gasteiger partial charge is 0.142 e. The Morgan fingerprint density at radius 2 is 2.14 bits per heavy atom. The topological polar surface area (TPSA) is 41.7 Å². The van der Waals surface area contributed by atoms with Crippen molar-refractivity contribution in [3.05, 3.63) is 24.3 Å². The van der Waals surface area contributed by atoms with Crippen LogP contribution in [0, 0.1) is 0 Å². The summed E-state index contributed by atoms with van der Waals surface area (Å²) in [6, 6.07) is 8.98. The second kappa shape index (κ2) is 5.85. The van der Waals surface area contributed by atoms with Crippen molar-refractivity contribution in [3.8, 4) is 5.75 Å². The summed E-state index contributed by atoms with van der Waals surface area (Å²) in [6.45, 7) is 5.95.